The van der Waals surface area contributed by atoms with Crippen LogP contribution in [0, 0.1) is 0 Å². The lowest BCUT2D eigenvalue weighted by atomic mass is 10.4. The summed E-state index contributed by atoms with van der Waals surface area (Å²) in [5.41, 5.74) is 0. The average Bonchev–Trinajstić information content (AvgIpc) is 2.44. The number of hydrogen-bond acceptors (Lipinski definition) is 7. The minimum atomic E-state index is -0.448. The van der Waals surface area contributed by atoms with E-state index in [0.717, 1.165) is 26.1 Å². The van der Waals surface area contributed by atoms with E-state index in [1.54, 1.807) is 6.92 Å². The standard InChI is InChI=1S/C13H26N6O/c1-5-8-14-11-16-12(15-9-10(4)20)18-13(17-11)19(6-2)7-3/h10,20H,5-9H2,1-4H3,(H2,14,15,16,17,18). The largest absolute Gasteiger partial charge is 0.392 e. The van der Waals surface area contributed by atoms with Crippen molar-refractivity contribution in [3.63, 3.8) is 0 Å². The van der Waals surface area contributed by atoms with Gasteiger partial charge in [-0.1, -0.05) is 6.92 Å². The summed E-state index contributed by atoms with van der Waals surface area (Å²) in [6.45, 7) is 10.8. The summed E-state index contributed by atoms with van der Waals surface area (Å²) in [7, 11) is 0. The molecule has 1 unspecified atom stereocenters. The summed E-state index contributed by atoms with van der Waals surface area (Å²) in [4.78, 5) is 15.2. The molecule has 0 bridgehead atoms. The van der Waals surface area contributed by atoms with E-state index in [9.17, 15) is 5.11 Å². The van der Waals surface area contributed by atoms with Gasteiger partial charge in [-0.3, -0.25) is 0 Å². The predicted octanol–water partition coefficient (Wildman–Crippen LogP) is 1.33. The van der Waals surface area contributed by atoms with Crippen LogP contribution in [0.3, 0.4) is 0 Å². The van der Waals surface area contributed by atoms with E-state index in [1.165, 1.54) is 0 Å². The lowest BCUT2D eigenvalue weighted by molar-refractivity contribution is 0.208. The van der Waals surface area contributed by atoms with E-state index < -0.39 is 6.10 Å². The van der Waals surface area contributed by atoms with Gasteiger partial charge in [0.25, 0.3) is 0 Å². The second-order valence-corrected chi connectivity index (χ2v) is 4.61. The fourth-order valence-corrected chi connectivity index (χ4v) is 1.65. The molecule has 1 aromatic heterocycles. The van der Waals surface area contributed by atoms with Crippen LogP contribution in [-0.2, 0) is 0 Å². The van der Waals surface area contributed by atoms with Crippen LogP contribution in [0.4, 0.5) is 17.8 Å². The first-order chi connectivity index (χ1) is 9.60. The summed E-state index contributed by atoms with van der Waals surface area (Å²) >= 11 is 0. The van der Waals surface area contributed by atoms with Gasteiger partial charge in [0, 0.05) is 26.2 Å². The highest BCUT2D eigenvalue weighted by Crippen LogP contribution is 2.13. The first kappa shape index (κ1) is 16.4. The molecule has 0 spiro atoms. The van der Waals surface area contributed by atoms with Gasteiger partial charge in [-0.15, -0.1) is 0 Å². The minimum Gasteiger partial charge on any atom is -0.392 e. The molecular formula is C13H26N6O. The quantitative estimate of drug-likeness (QED) is 0.630. The van der Waals surface area contributed by atoms with Gasteiger partial charge in [0.15, 0.2) is 0 Å². The molecule has 20 heavy (non-hydrogen) atoms. The first-order valence-electron chi connectivity index (χ1n) is 7.27. The molecule has 3 N–H and O–H groups in total. The molecule has 0 amide bonds. The maximum Gasteiger partial charge on any atom is 0.231 e. The van der Waals surface area contributed by atoms with Crippen molar-refractivity contribution in [2.45, 2.75) is 40.2 Å². The fraction of sp³-hybridized carbons (Fsp3) is 0.769. The molecule has 1 atom stereocenters. The first-order valence-corrected chi connectivity index (χ1v) is 7.27. The van der Waals surface area contributed by atoms with Crippen molar-refractivity contribution >= 4 is 17.8 Å². The third-order valence-corrected chi connectivity index (χ3v) is 2.76. The Morgan fingerprint density at radius 1 is 1.05 bits per heavy atom. The van der Waals surface area contributed by atoms with Gasteiger partial charge < -0.3 is 20.6 Å². The van der Waals surface area contributed by atoms with Crippen LogP contribution < -0.4 is 15.5 Å². The van der Waals surface area contributed by atoms with Crippen LogP contribution in [-0.4, -0.2) is 52.3 Å². The highest BCUT2D eigenvalue weighted by molar-refractivity contribution is 5.43. The number of hydrogen-bond donors (Lipinski definition) is 3. The number of aromatic nitrogens is 3. The third-order valence-electron chi connectivity index (χ3n) is 2.76. The Kier molecular flexibility index (Phi) is 7.00. The van der Waals surface area contributed by atoms with Crippen molar-refractivity contribution < 1.29 is 5.11 Å². The van der Waals surface area contributed by atoms with Crippen molar-refractivity contribution in [2.75, 3.05) is 41.7 Å². The molecule has 7 heteroatoms. The highest BCUT2D eigenvalue weighted by Gasteiger charge is 2.11. The van der Waals surface area contributed by atoms with Gasteiger partial charge in [0.1, 0.15) is 0 Å². The molecule has 1 heterocycles. The van der Waals surface area contributed by atoms with E-state index in [0.29, 0.717) is 24.4 Å². The zero-order valence-corrected chi connectivity index (χ0v) is 12.8. The van der Waals surface area contributed by atoms with Crippen molar-refractivity contribution in [3.8, 4) is 0 Å². The summed E-state index contributed by atoms with van der Waals surface area (Å²) in [5.74, 6) is 1.70. The third kappa shape index (κ3) is 5.16. The highest BCUT2D eigenvalue weighted by atomic mass is 16.3. The second-order valence-electron chi connectivity index (χ2n) is 4.61. The number of rotatable bonds is 9. The Labute approximate surface area is 120 Å². The van der Waals surface area contributed by atoms with Crippen LogP contribution in [0.15, 0.2) is 0 Å². The maximum atomic E-state index is 9.34. The van der Waals surface area contributed by atoms with Crippen molar-refractivity contribution in [1.82, 2.24) is 15.0 Å². The van der Waals surface area contributed by atoms with Crippen LogP contribution >= 0.6 is 0 Å². The molecule has 114 valence electrons. The zero-order valence-electron chi connectivity index (χ0n) is 12.8. The van der Waals surface area contributed by atoms with E-state index in [-0.39, 0.29) is 0 Å². The molecule has 0 aromatic carbocycles. The summed E-state index contributed by atoms with van der Waals surface area (Å²) in [5, 5.41) is 15.5. The summed E-state index contributed by atoms with van der Waals surface area (Å²) < 4.78 is 0. The average molecular weight is 282 g/mol. The van der Waals surface area contributed by atoms with Gasteiger partial charge in [-0.25, -0.2) is 0 Å². The molecule has 7 nitrogen and oxygen atoms in total. The van der Waals surface area contributed by atoms with E-state index >= 15 is 0 Å². The molecule has 0 radical (unpaired) electrons. The minimum absolute atomic E-state index is 0.412. The van der Waals surface area contributed by atoms with Crippen molar-refractivity contribution in [1.29, 1.82) is 0 Å². The number of anilines is 3. The normalized spacial score (nSPS) is 12.1. The molecule has 0 aliphatic rings. The Balaban J connectivity index is 2.93. The van der Waals surface area contributed by atoms with Crippen LogP contribution in [0.5, 0.6) is 0 Å². The summed E-state index contributed by atoms with van der Waals surface area (Å²) in [6, 6.07) is 0. The topological polar surface area (TPSA) is 86.2 Å². The number of aliphatic hydroxyl groups is 1. The number of nitrogens with zero attached hydrogens (tertiary/aromatic N) is 4. The lowest BCUT2D eigenvalue weighted by Gasteiger charge is -2.20. The van der Waals surface area contributed by atoms with E-state index in [4.69, 9.17) is 0 Å². The number of aliphatic hydroxyl groups excluding tert-OH is 1. The Hall–Kier alpha value is -1.63. The maximum absolute atomic E-state index is 9.34. The van der Waals surface area contributed by atoms with Crippen molar-refractivity contribution in [3.05, 3.63) is 0 Å². The Morgan fingerprint density at radius 2 is 1.65 bits per heavy atom. The zero-order chi connectivity index (χ0) is 15.0. The predicted molar refractivity (Wildman–Crippen MR) is 82.3 cm³/mol. The molecule has 1 rings (SSSR count). The monoisotopic (exact) mass is 282 g/mol. The molecule has 0 saturated heterocycles. The van der Waals surface area contributed by atoms with Gasteiger partial charge in [0.05, 0.1) is 6.10 Å². The van der Waals surface area contributed by atoms with Crippen LogP contribution in [0.2, 0.25) is 0 Å². The molecule has 0 aliphatic carbocycles. The molecule has 0 fully saturated rings. The Morgan fingerprint density at radius 3 is 2.15 bits per heavy atom. The van der Waals surface area contributed by atoms with Gasteiger partial charge >= 0.3 is 0 Å². The Bertz CT molecular complexity index is 394. The van der Waals surface area contributed by atoms with E-state index in [2.05, 4.69) is 51.3 Å². The molecular weight excluding hydrogens is 256 g/mol. The molecule has 1 aromatic rings. The lowest BCUT2D eigenvalue weighted by Crippen LogP contribution is -2.26. The van der Waals surface area contributed by atoms with Crippen LogP contribution in [0.25, 0.3) is 0 Å². The second kappa shape index (κ2) is 8.52. The van der Waals surface area contributed by atoms with Crippen LogP contribution in [0.1, 0.15) is 34.1 Å². The molecule has 0 saturated carbocycles. The molecule has 0 aliphatic heterocycles. The smallest absolute Gasteiger partial charge is 0.231 e. The van der Waals surface area contributed by atoms with E-state index in [1.807, 2.05) is 0 Å². The van der Waals surface area contributed by atoms with Gasteiger partial charge in [0.2, 0.25) is 17.8 Å². The fourth-order valence-electron chi connectivity index (χ4n) is 1.65. The SMILES string of the molecule is CCCNc1nc(NCC(C)O)nc(N(CC)CC)n1. The van der Waals surface area contributed by atoms with Gasteiger partial charge in [-0.05, 0) is 27.2 Å². The number of nitrogens with one attached hydrogen (secondary N) is 2. The van der Waals surface area contributed by atoms with Gasteiger partial charge in [-0.2, -0.15) is 15.0 Å². The summed E-state index contributed by atoms with van der Waals surface area (Å²) in [6.07, 6.45) is 0.554. The van der Waals surface area contributed by atoms with Crippen molar-refractivity contribution in [2.24, 2.45) is 0 Å².